The Labute approximate surface area is 125 Å². The van der Waals surface area contributed by atoms with Crippen LogP contribution in [0.15, 0.2) is 22.7 Å². The first kappa shape index (κ1) is 14.8. The summed E-state index contributed by atoms with van der Waals surface area (Å²) in [7, 11) is 0. The van der Waals surface area contributed by atoms with Gasteiger partial charge in [-0.25, -0.2) is 9.59 Å². The molecule has 0 unspecified atom stereocenters. The van der Waals surface area contributed by atoms with Gasteiger partial charge in [-0.2, -0.15) is 0 Å². The van der Waals surface area contributed by atoms with Crippen molar-refractivity contribution >= 4 is 33.6 Å². The number of halogens is 1. The van der Waals surface area contributed by atoms with Gasteiger partial charge in [0.05, 0.1) is 11.3 Å². The molecule has 108 valence electrons. The van der Waals surface area contributed by atoms with Crippen LogP contribution in [0.25, 0.3) is 0 Å². The Balaban J connectivity index is 1.84. The SMILES string of the molecule is O=C(NCCCC1CC1)Nc1ccc(Br)cc1C(=O)O. The van der Waals surface area contributed by atoms with Gasteiger partial charge >= 0.3 is 12.0 Å². The highest BCUT2D eigenvalue weighted by atomic mass is 79.9. The van der Waals surface area contributed by atoms with E-state index in [1.165, 1.54) is 18.9 Å². The van der Waals surface area contributed by atoms with Gasteiger partial charge in [-0.15, -0.1) is 0 Å². The first-order valence-electron chi connectivity index (χ1n) is 6.64. The number of anilines is 1. The van der Waals surface area contributed by atoms with Crippen LogP contribution in [0.3, 0.4) is 0 Å². The molecule has 1 saturated carbocycles. The number of carboxylic acids is 1. The molecule has 0 radical (unpaired) electrons. The zero-order valence-corrected chi connectivity index (χ0v) is 12.6. The molecule has 6 heteroatoms. The number of carboxylic acid groups (broad SMARTS) is 1. The smallest absolute Gasteiger partial charge is 0.337 e. The molecular formula is C14H17BrN2O3. The zero-order chi connectivity index (χ0) is 14.5. The summed E-state index contributed by atoms with van der Waals surface area (Å²) in [6.07, 6.45) is 4.74. The number of carbonyl (C=O) groups excluding carboxylic acids is 1. The summed E-state index contributed by atoms with van der Waals surface area (Å²) in [5.74, 6) is -0.222. The van der Waals surface area contributed by atoms with Gasteiger partial charge < -0.3 is 15.7 Å². The van der Waals surface area contributed by atoms with E-state index in [1.54, 1.807) is 12.1 Å². The number of amides is 2. The summed E-state index contributed by atoms with van der Waals surface area (Å²) >= 11 is 3.21. The average molecular weight is 341 g/mol. The van der Waals surface area contributed by atoms with Crippen molar-refractivity contribution < 1.29 is 14.7 Å². The van der Waals surface area contributed by atoms with Crippen LogP contribution in [0.1, 0.15) is 36.0 Å². The van der Waals surface area contributed by atoms with E-state index in [9.17, 15) is 9.59 Å². The largest absolute Gasteiger partial charge is 0.478 e. The van der Waals surface area contributed by atoms with Crippen molar-refractivity contribution in [3.05, 3.63) is 28.2 Å². The van der Waals surface area contributed by atoms with Crippen molar-refractivity contribution in [1.82, 2.24) is 5.32 Å². The second-order valence-corrected chi connectivity index (χ2v) is 5.88. The topological polar surface area (TPSA) is 78.4 Å². The summed E-state index contributed by atoms with van der Waals surface area (Å²) in [5.41, 5.74) is 0.355. The quantitative estimate of drug-likeness (QED) is 0.694. The lowest BCUT2D eigenvalue weighted by Gasteiger charge is -2.10. The Morgan fingerprint density at radius 1 is 1.35 bits per heavy atom. The van der Waals surface area contributed by atoms with Crippen LogP contribution >= 0.6 is 15.9 Å². The number of benzene rings is 1. The molecule has 1 aliphatic rings. The van der Waals surface area contributed by atoms with Crippen molar-refractivity contribution in [2.75, 3.05) is 11.9 Å². The predicted octanol–water partition coefficient (Wildman–Crippen LogP) is 3.46. The van der Waals surface area contributed by atoms with Crippen LogP contribution in [-0.4, -0.2) is 23.7 Å². The maximum Gasteiger partial charge on any atom is 0.337 e. The molecular weight excluding hydrogens is 324 g/mol. The van der Waals surface area contributed by atoms with Crippen LogP contribution in [0.4, 0.5) is 10.5 Å². The molecule has 0 spiro atoms. The van der Waals surface area contributed by atoms with Gasteiger partial charge in [0, 0.05) is 11.0 Å². The molecule has 2 amide bonds. The molecule has 1 aromatic rings. The molecule has 0 bridgehead atoms. The van der Waals surface area contributed by atoms with Crippen LogP contribution in [0.5, 0.6) is 0 Å². The molecule has 3 N–H and O–H groups in total. The second-order valence-electron chi connectivity index (χ2n) is 4.96. The van der Waals surface area contributed by atoms with Gasteiger partial charge in [0.15, 0.2) is 0 Å². The Morgan fingerprint density at radius 2 is 2.10 bits per heavy atom. The lowest BCUT2D eigenvalue weighted by Crippen LogP contribution is -2.30. The van der Waals surface area contributed by atoms with Gasteiger partial charge in [0.1, 0.15) is 0 Å². The maximum absolute atomic E-state index is 11.7. The van der Waals surface area contributed by atoms with E-state index in [1.807, 2.05) is 0 Å². The summed E-state index contributed by atoms with van der Waals surface area (Å²) in [6.45, 7) is 0.612. The van der Waals surface area contributed by atoms with Crippen molar-refractivity contribution in [2.24, 2.45) is 5.92 Å². The van der Waals surface area contributed by atoms with Gasteiger partial charge in [0.2, 0.25) is 0 Å². The Morgan fingerprint density at radius 3 is 2.75 bits per heavy atom. The maximum atomic E-state index is 11.7. The number of carbonyl (C=O) groups is 2. The number of hydrogen-bond acceptors (Lipinski definition) is 2. The van der Waals surface area contributed by atoms with Gasteiger partial charge in [-0.3, -0.25) is 0 Å². The highest BCUT2D eigenvalue weighted by Gasteiger charge is 2.20. The molecule has 0 aliphatic heterocycles. The first-order chi connectivity index (χ1) is 9.56. The molecule has 1 aromatic carbocycles. The summed E-state index contributed by atoms with van der Waals surface area (Å²) < 4.78 is 0.658. The number of nitrogens with one attached hydrogen (secondary N) is 2. The van der Waals surface area contributed by atoms with Crippen molar-refractivity contribution in [2.45, 2.75) is 25.7 Å². The second kappa shape index (κ2) is 6.74. The van der Waals surface area contributed by atoms with Crippen LogP contribution in [-0.2, 0) is 0 Å². The molecule has 2 rings (SSSR count). The summed E-state index contributed by atoms with van der Waals surface area (Å²) in [4.78, 5) is 22.8. The Hall–Kier alpha value is -1.56. The van der Waals surface area contributed by atoms with Crippen LogP contribution in [0.2, 0.25) is 0 Å². The average Bonchev–Trinajstić information content (AvgIpc) is 3.21. The van der Waals surface area contributed by atoms with E-state index >= 15 is 0 Å². The fourth-order valence-corrected chi connectivity index (χ4v) is 2.33. The summed E-state index contributed by atoms with van der Waals surface area (Å²) in [5, 5.41) is 14.4. The highest BCUT2D eigenvalue weighted by molar-refractivity contribution is 9.10. The van der Waals surface area contributed by atoms with E-state index in [0.717, 1.165) is 18.8 Å². The first-order valence-corrected chi connectivity index (χ1v) is 7.43. The minimum atomic E-state index is -1.07. The van der Waals surface area contributed by atoms with E-state index in [4.69, 9.17) is 5.11 Å². The van der Waals surface area contributed by atoms with E-state index in [0.29, 0.717) is 16.7 Å². The van der Waals surface area contributed by atoms with Crippen LogP contribution < -0.4 is 10.6 Å². The lowest BCUT2D eigenvalue weighted by atomic mass is 10.2. The molecule has 20 heavy (non-hydrogen) atoms. The fraction of sp³-hybridized carbons (Fsp3) is 0.429. The molecule has 0 aromatic heterocycles. The Bertz CT molecular complexity index is 515. The van der Waals surface area contributed by atoms with Gasteiger partial charge in [-0.1, -0.05) is 28.8 Å². The summed E-state index contributed by atoms with van der Waals surface area (Å²) in [6, 6.07) is 4.35. The van der Waals surface area contributed by atoms with Crippen molar-refractivity contribution in [3.8, 4) is 0 Å². The molecule has 0 heterocycles. The predicted molar refractivity (Wildman–Crippen MR) is 80.1 cm³/mol. The normalized spacial score (nSPS) is 13.8. The molecule has 0 saturated heterocycles. The zero-order valence-electron chi connectivity index (χ0n) is 11.0. The van der Waals surface area contributed by atoms with Crippen molar-refractivity contribution in [3.63, 3.8) is 0 Å². The number of rotatable bonds is 6. The van der Waals surface area contributed by atoms with Gasteiger partial charge in [-0.05, 0) is 37.0 Å². The van der Waals surface area contributed by atoms with Crippen LogP contribution in [0, 0.1) is 5.92 Å². The fourth-order valence-electron chi connectivity index (χ4n) is 1.97. The third-order valence-corrected chi connectivity index (χ3v) is 3.73. The third-order valence-electron chi connectivity index (χ3n) is 3.23. The molecule has 0 atom stereocenters. The number of hydrogen-bond donors (Lipinski definition) is 3. The number of urea groups is 1. The van der Waals surface area contributed by atoms with E-state index in [-0.39, 0.29) is 11.6 Å². The standard InChI is InChI=1S/C14H17BrN2O3/c15-10-5-6-12(11(8-10)13(18)19)17-14(20)16-7-1-2-9-3-4-9/h5-6,8-9H,1-4,7H2,(H,18,19)(H2,16,17,20). The van der Waals surface area contributed by atoms with Crippen molar-refractivity contribution in [1.29, 1.82) is 0 Å². The molecule has 1 aliphatic carbocycles. The minimum absolute atomic E-state index is 0.0625. The minimum Gasteiger partial charge on any atom is -0.478 e. The molecule has 5 nitrogen and oxygen atoms in total. The Kier molecular flexibility index (Phi) is 5.00. The highest BCUT2D eigenvalue weighted by Crippen LogP contribution is 2.33. The van der Waals surface area contributed by atoms with Gasteiger partial charge in [0.25, 0.3) is 0 Å². The lowest BCUT2D eigenvalue weighted by molar-refractivity contribution is 0.0698. The third kappa shape index (κ3) is 4.52. The van der Waals surface area contributed by atoms with E-state index < -0.39 is 5.97 Å². The monoisotopic (exact) mass is 340 g/mol. The van der Waals surface area contributed by atoms with E-state index in [2.05, 4.69) is 26.6 Å². The molecule has 1 fully saturated rings. The number of aromatic carboxylic acids is 1.